The Labute approximate surface area is 161 Å². The summed E-state index contributed by atoms with van der Waals surface area (Å²) in [6.07, 6.45) is 1.68. The van der Waals surface area contributed by atoms with E-state index in [1.807, 2.05) is 0 Å². The summed E-state index contributed by atoms with van der Waals surface area (Å²) in [5, 5.41) is 3.28. The number of nitrogens with one attached hydrogen (secondary N) is 2. The topological polar surface area (TPSA) is 93.7 Å². The molecule has 0 bridgehead atoms. The molecule has 0 saturated carbocycles. The lowest BCUT2D eigenvalue weighted by Crippen LogP contribution is -2.47. The summed E-state index contributed by atoms with van der Waals surface area (Å²) < 4.78 is 38.3. The van der Waals surface area contributed by atoms with Gasteiger partial charge in [0.2, 0.25) is 10.0 Å². The van der Waals surface area contributed by atoms with Crippen molar-refractivity contribution in [3.8, 4) is 0 Å². The number of carbonyl (C=O) groups excluding carboxylic acids is 1. The Bertz CT molecular complexity index is 712. The molecule has 0 atom stereocenters. The fourth-order valence-electron chi connectivity index (χ4n) is 3.10. The van der Waals surface area contributed by atoms with Crippen LogP contribution in [0.4, 0.5) is 0 Å². The zero-order valence-electron chi connectivity index (χ0n) is 15.3. The van der Waals surface area contributed by atoms with E-state index in [2.05, 4.69) is 14.8 Å². The Morgan fingerprint density at radius 3 is 2.50 bits per heavy atom. The zero-order chi connectivity index (χ0) is 18.5. The molecule has 9 heteroatoms. The number of hydrogen-bond acceptors (Lipinski definition) is 6. The van der Waals surface area contributed by atoms with Gasteiger partial charge in [0.1, 0.15) is 0 Å². The van der Waals surface area contributed by atoms with Crippen LogP contribution in [0.25, 0.3) is 0 Å². The van der Waals surface area contributed by atoms with Crippen molar-refractivity contribution < 1.29 is 22.7 Å². The zero-order valence-corrected chi connectivity index (χ0v) is 17.0. The third kappa shape index (κ3) is 5.40. The van der Waals surface area contributed by atoms with E-state index in [-0.39, 0.29) is 28.3 Å². The molecular weight excluding hydrogens is 380 g/mol. The molecule has 0 radical (unpaired) electrons. The van der Waals surface area contributed by atoms with Crippen molar-refractivity contribution in [1.82, 2.24) is 10.0 Å². The first-order valence-corrected chi connectivity index (χ1v) is 9.70. The van der Waals surface area contributed by atoms with Gasteiger partial charge in [-0.2, -0.15) is 0 Å². The summed E-state index contributed by atoms with van der Waals surface area (Å²) in [5.74, 6) is -0.564. The second-order valence-electron chi connectivity index (χ2n) is 6.48. The molecule has 0 aromatic heterocycles. The van der Waals surface area contributed by atoms with E-state index in [9.17, 15) is 13.2 Å². The van der Waals surface area contributed by atoms with Crippen LogP contribution in [0.3, 0.4) is 0 Å². The molecule has 1 heterocycles. The van der Waals surface area contributed by atoms with Gasteiger partial charge < -0.3 is 14.8 Å². The van der Waals surface area contributed by atoms with Crippen molar-refractivity contribution in [2.75, 3.05) is 40.5 Å². The minimum atomic E-state index is -3.74. The molecule has 7 nitrogen and oxygen atoms in total. The summed E-state index contributed by atoms with van der Waals surface area (Å²) in [5.41, 5.74) is 0.564. The lowest BCUT2D eigenvalue weighted by atomic mass is 9.80. The van der Waals surface area contributed by atoms with Gasteiger partial charge in [-0.25, -0.2) is 17.9 Å². The van der Waals surface area contributed by atoms with E-state index in [1.165, 1.54) is 13.2 Å². The number of carbonyl (C=O) groups is 1. The number of sulfonamides is 1. The van der Waals surface area contributed by atoms with Gasteiger partial charge in [0, 0.05) is 19.1 Å². The number of esters is 1. The Balaban J connectivity index is 0.00000338. The predicted molar refractivity (Wildman–Crippen MR) is 101 cm³/mol. The molecular formula is C17H27ClN2O5S. The molecule has 1 fully saturated rings. The standard InChI is InChI=1S/C17H26N2O5S.ClH/c1-13-4-5-14(16(20)24-3)10-15(13)25(21,22)19-11-17(12-23-2)6-8-18-9-7-17;/h4-5,10,18-19H,6-9,11-12H2,1-3H3;1H. The first-order valence-electron chi connectivity index (χ1n) is 8.22. The molecule has 2 rings (SSSR count). The highest BCUT2D eigenvalue weighted by atomic mass is 35.5. The van der Waals surface area contributed by atoms with Crippen LogP contribution in [-0.4, -0.2) is 54.8 Å². The fraction of sp³-hybridized carbons (Fsp3) is 0.588. The van der Waals surface area contributed by atoms with Crippen molar-refractivity contribution in [3.05, 3.63) is 29.3 Å². The normalized spacial score (nSPS) is 16.6. The summed E-state index contributed by atoms with van der Waals surface area (Å²) in [6, 6.07) is 4.52. The molecule has 26 heavy (non-hydrogen) atoms. The van der Waals surface area contributed by atoms with Gasteiger partial charge in [-0.1, -0.05) is 6.07 Å². The average molecular weight is 407 g/mol. The summed E-state index contributed by atoms with van der Waals surface area (Å²) in [6.45, 7) is 4.17. The van der Waals surface area contributed by atoms with Crippen molar-refractivity contribution in [2.45, 2.75) is 24.7 Å². The van der Waals surface area contributed by atoms with E-state index in [1.54, 1.807) is 26.2 Å². The SMILES string of the molecule is COCC1(CNS(=O)(=O)c2cc(C(=O)OC)ccc2C)CCNCC1.Cl. The predicted octanol–water partition coefficient (Wildman–Crippen LogP) is 1.50. The summed E-state index contributed by atoms with van der Waals surface area (Å²) in [7, 11) is -0.853. The van der Waals surface area contributed by atoms with E-state index in [4.69, 9.17) is 4.74 Å². The van der Waals surface area contributed by atoms with Crippen molar-refractivity contribution in [2.24, 2.45) is 5.41 Å². The molecule has 1 aromatic carbocycles. The second-order valence-corrected chi connectivity index (χ2v) is 8.21. The lowest BCUT2D eigenvalue weighted by molar-refractivity contribution is 0.0577. The fourth-order valence-corrected chi connectivity index (χ4v) is 4.52. The average Bonchev–Trinajstić information content (AvgIpc) is 2.61. The maximum Gasteiger partial charge on any atom is 0.337 e. The molecule has 148 valence electrons. The number of halogens is 1. The van der Waals surface area contributed by atoms with Crippen LogP contribution < -0.4 is 10.0 Å². The monoisotopic (exact) mass is 406 g/mol. The van der Waals surface area contributed by atoms with Crippen LogP contribution in [0.15, 0.2) is 23.1 Å². The van der Waals surface area contributed by atoms with Crippen molar-refractivity contribution >= 4 is 28.4 Å². The van der Waals surface area contributed by atoms with Crippen LogP contribution in [0.1, 0.15) is 28.8 Å². The van der Waals surface area contributed by atoms with E-state index in [0.29, 0.717) is 18.7 Å². The molecule has 2 N–H and O–H groups in total. The highest BCUT2D eigenvalue weighted by molar-refractivity contribution is 7.89. The van der Waals surface area contributed by atoms with Crippen LogP contribution in [0.5, 0.6) is 0 Å². The quantitative estimate of drug-likeness (QED) is 0.666. The minimum absolute atomic E-state index is 0. The number of piperidine rings is 1. The Kier molecular flexibility index (Phi) is 8.49. The summed E-state index contributed by atoms with van der Waals surface area (Å²) >= 11 is 0. The highest BCUT2D eigenvalue weighted by Gasteiger charge is 2.34. The van der Waals surface area contributed by atoms with Crippen LogP contribution >= 0.6 is 12.4 Å². The first kappa shape index (κ1) is 22.9. The van der Waals surface area contributed by atoms with E-state index in [0.717, 1.165) is 25.9 Å². The van der Waals surface area contributed by atoms with Gasteiger partial charge in [0.25, 0.3) is 0 Å². The molecule has 1 aromatic rings. The van der Waals surface area contributed by atoms with Gasteiger partial charge in [0.05, 0.1) is 24.2 Å². The van der Waals surface area contributed by atoms with Gasteiger partial charge >= 0.3 is 5.97 Å². The van der Waals surface area contributed by atoms with Crippen LogP contribution in [0.2, 0.25) is 0 Å². The smallest absolute Gasteiger partial charge is 0.337 e. The maximum atomic E-state index is 12.8. The highest BCUT2D eigenvalue weighted by Crippen LogP contribution is 2.29. The number of aryl methyl sites for hydroxylation is 1. The van der Waals surface area contributed by atoms with E-state index < -0.39 is 16.0 Å². The van der Waals surface area contributed by atoms with Crippen LogP contribution in [-0.2, 0) is 19.5 Å². The largest absolute Gasteiger partial charge is 0.465 e. The van der Waals surface area contributed by atoms with Gasteiger partial charge in [0.15, 0.2) is 0 Å². The lowest BCUT2D eigenvalue weighted by Gasteiger charge is -2.37. The third-order valence-electron chi connectivity index (χ3n) is 4.65. The molecule has 1 aliphatic rings. The van der Waals surface area contributed by atoms with Crippen molar-refractivity contribution in [1.29, 1.82) is 0 Å². The number of methoxy groups -OCH3 is 2. The molecule has 1 saturated heterocycles. The summed E-state index contributed by atoms with van der Waals surface area (Å²) in [4.78, 5) is 11.8. The maximum absolute atomic E-state index is 12.8. The second kappa shape index (κ2) is 9.66. The van der Waals surface area contributed by atoms with Crippen LogP contribution in [0, 0.1) is 12.3 Å². The van der Waals surface area contributed by atoms with Gasteiger partial charge in [-0.3, -0.25) is 0 Å². The number of benzene rings is 1. The first-order chi connectivity index (χ1) is 11.8. The molecule has 1 aliphatic heterocycles. The molecule has 0 unspecified atom stereocenters. The molecule has 0 amide bonds. The Morgan fingerprint density at radius 2 is 1.92 bits per heavy atom. The minimum Gasteiger partial charge on any atom is -0.465 e. The number of ether oxygens (including phenoxy) is 2. The molecule has 0 aliphatic carbocycles. The number of hydrogen-bond donors (Lipinski definition) is 2. The third-order valence-corrected chi connectivity index (χ3v) is 6.19. The Morgan fingerprint density at radius 1 is 1.27 bits per heavy atom. The van der Waals surface area contributed by atoms with Crippen molar-refractivity contribution in [3.63, 3.8) is 0 Å². The van der Waals surface area contributed by atoms with Gasteiger partial charge in [-0.15, -0.1) is 12.4 Å². The molecule has 0 spiro atoms. The number of rotatable bonds is 7. The van der Waals surface area contributed by atoms with E-state index >= 15 is 0 Å². The Hall–Kier alpha value is -1.19. The van der Waals surface area contributed by atoms with Gasteiger partial charge in [-0.05, 0) is 50.6 Å².